The van der Waals surface area contributed by atoms with E-state index in [1.165, 1.54) is 11.3 Å². The Kier molecular flexibility index (Phi) is 5.87. The van der Waals surface area contributed by atoms with Crippen molar-refractivity contribution in [1.82, 2.24) is 9.62 Å². The molecule has 1 aliphatic heterocycles. The molecule has 120 valence electrons. The van der Waals surface area contributed by atoms with Gasteiger partial charge in [-0.05, 0) is 41.8 Å². The van der Waals surface area contributed by atoms with E-state index in [2.05, 4.69) is 35.1 Å². The van der Waals surface area contributed by atoms with E-state index in [0.717, 1.165) is 24.1 Å². The van der Waals surface area contributed by atoms with Crippen LogP contribution in [0.25, 0.3) is 0 Å². The van der Waals surface area contributed by atoms with Gasteiger partial charge < -0.3 is 5.32 Å². The van der Waals surface area contributed by atoms with Crippen LogP contribution in [0, 0.1) is 0 Å². The smallest absolute Gasteiger partial charge is 0.245 e. The Bertz CT molecular complexity index is 584. The molecule has 0 bridgehead atoms. The first-order chi connectivity index (χ1) is 9.82. The Balaban J connectivity index is 2.23. The first-order valence-electron chi connectivity index (χ1n) is 7.36. The SMILES string of the molecule is CC(C)NCc1cc(S(=O)(=O)N2CCCCC2C)c(Br)s1. The van der Waals surface area contributed by atoms with Crippen molar-refractivity contribution in [3.8, 4) is 0 Å². The molecule has 7 heteroatoms. The van der Waals surface area contributed by atoms with Gasteiger partial charge in [-0.3, -0.25) is 0 Å². The number of sulfonamides is 1. The lowest BCUT2D eigenvalue weighted by molar-refractivity contribution is 0.268. The molecule has 1 atom stereocenters. The average molecular weight is 395 g/mol. The molecule has 1 unspecified atom stereocenters. The maximum atomic E-state index is 12.9. The second kappa shape index (κ2) is 7.08. The van der Waals surface area contributed by atoms with Gasteiger partial charge in [0.15, 0.2) is 0 Å². The third-order valence-corrected chi connectivity index (χ3v) is 7.99. The van der Waals surface area contributed by atoms with E-state index < -0.39 is 10.0 Å². The molecule has 4 nitrogen and oxygen atoms in total. The van der Waals surface area contributed by atoms with E-state index >= 15 is 0 Å². The fourth-order valence-electron chi connectivity index (χ4n) is 2.52. The van der Waals surface area contributed by atoms with Gasteiger partial charge in [-0.15, -0.1) is 11.3 Å². The maximum Gasteiger partial charge on any atom is 0.245 e. The summed E-state index contributed by atoms with van der Waals surface area (Å²) < 4.78 is 28.1. The molecule has 0 spiro atoms. The molecule has 1 aromatic heterocycles. The van der Waals surface area contributed by atoms with Crippen molar-refractivity contribution in [1.29, 1.82) is 0 Å². The van der Waals surface area contributed by atoms with Crippen LogP contribution < -0.4 is 5.32 Å². The van der Waals surface area contributed by atoms with Gasteiger partial charge in [0.2, 0.25) is 10.0 Å². The molecule has 2 heterocycles. The van der Waals surface area contributed by atoms with E-state index in [9.17, 15) is 8.42 Å². The van der Waals surface area contributed by atoms with Gasteiger partial charge in [0.05, 0.1) is 3.79 Å². The lowest BCUT2D eigenvalue weighted by Crippen LogP contribution is -2.41. The summed E-state index contributed by atoms with van der Waals surface area (Å²) in [5.74, 6) is 0. The van der Waals surface area contributed by atoms with Gasteiger partial charge in [-0.25, -0.2) is 8.42 Å². The van der Waals surface area contributed by atoms with Crippen molar-refractivity contribution < 1.29 is 8.42 Å². The van der Waals surface area contributed by atoms with Crippen molar-refractivity contribution >= 4 is 37.3 Å². The van der Waals surface area contributed by atoms with Crippen molar-refractivity contribution in [3.05, 3.63) is 14.7 Å². The van der Waals surface area contributed by atoms with Crippen LogP contribution in [-0.2, 0) is 16.6 Å². The Morgan fingerprint density at radius 2 is 2.19 bits per heavy atom. The largest absolute Gasteiger partial charge is 0.310 e. The normalized spacial score (nSPS) is 21.1. The number of piperidine rings is 1. The predicted molar refractivity (Wildman–Crippen MR) is 91.2 cm³/mol. The van der Waals surface area contributed by atoms with E-state index in [1.807, 2.05) is 6.92 Å². The minimum Gasteiger partial charge on any atom is -0.310 e. The molecule has 0 aromatic carbocycles. The second-order valence-electron chi connectivity index (χ2n) is 5.85. The summed E-state index contributed by atoms with van der Waals surface area (Å²) in [6.07, 6.45) is 3.01. The summed E-state index contributed by atoms with van der Waals surface area (Å²) in [5.41, 5.74) is 0. The highest BCUT2D eigenvalue weighted by atomic mass is 79.9. The van der Waals surface area contributed by atoms with Crippen LogP contribution in [0.3, 0.4) is 0 Å². The molecule has 1 aromatic rings. The minimum atomic E-state index is -3.39. The van der Waals surface area contributed by atoms with E-state index in [1.54, 1.807) is 10.4 Å². The van der Waals surface area contributed by atoms with E-state index in [0.29, 0.717) is 27.8 Å². The number of hydrogen-bond donors (Lipinski definition) is 1. The molecule has 0 amide bonds. The Morgan fingerprint density at radius 1 is 1.48 bits per heavy atom. The fraction of sp³-hybridized carbons (Fsp3) is 0.714. The monoisotopic (exact) mass is 394 g/mol. The number of halogens is 1. The molecule has 1 aliphatic rings. The number of nitrogens with one attached hydrogen (secondary N) is 1. The maximum absolute atomic E-state index is 12.9. The van der Waals surface area contributed by atoms with E-state index in [-0.39, 0.29) is 6.04 Å². The van der Waals surface area contributed by atoms with Gasteiger partial charge in [-0.1, -0.05) is 20.3 Å². The third kappa shape index (κ3) is 4.07. The summed E-state index contributed by atoms with van der Waals surface area (Å²) in [5, 5.41) is 3.32. The molecule has 2 rings (SSSR count). The van der Waals surface area contributed by atoms with Crippen LogP contribution in [0.2, 0.25) is 0 Å². The average Bonchev–Trinajstić information content (AvgIpc) is 2.79. The molecule has 1 saturated heterocycles. The first-order valence-corrected chi connectivity index (χ1v) is 10.4. The molecule has 0 aliphatic carbocycles. The van der Waals surface area contributed by atoms with Gasteiger partial charge in [-0.2, -0.15) is 4.31 Å². The van der Waals surface area contributed by atoms with E-state index in [4.69, 9.17) is 0 Å². The quantitative estimate of drug-likeness (QED) is 0.829. The zero-order valence-electron chi connectivity index (χ0n) is 12.7. The molecule has 21 heavy (non-hydrogen) atoms. The number of nitrogens with zero attached hydrogens (tertiary/aromatic N) is 1. The molecule has 1 N–H and O–H groups in total. The zero-order chi connectivity index (χ0) is 15.6. The predicted octanol–water partition coefficient (Wildman–Crippen LogP) is 3.57. The summed E-state index contributed by atoms with van der Waals surface area (Å²) in [7, 11) is -3.39. The van der Waals surface area contributed by atoms with Gasteiger partial charge in [0.1, 0.15) is 4.90 Å². The molecule has 0 radical (unpaired) electrons. The van der Waals surface area contributed by atoms with Crippen molar-refractivity contribution in [2.24, 2.45) is 0 Å². The third-order valence-electron chi connectivity index (χ3n) is 3.72. The highest BCUT2D eigenvalue weighted by molar-refractivity contribution is 9.11. The topological polar surface area (TPSA) is 49.4 Å². The molecule has 0 saturated carbocycles. The lowest BCUT2D eigenvalue weighted by Gasteiger charge is -2.32. The van der Waals surface area contributed by atoms with Crippen LogP contribution >= 0.6 is 27.3 Å². The van der Waals surface area contributed by atoms with Crippen LogP contribution in [0.15, 0.2) is 14.7 Å². The zero-order valence-corrected chi connectivity index (χ0v) is 15.9. The molecular formula is C14H23BrN2O2S2. The van der Waals surface area contributed by atoms with Crippen LogP contribution in [0.4, 0.5) is 0 Å². The lowest BCUT2D eigenvalue weighted by atomic mass is 10.1. The summed E-state index contributed by atoms with van der Waals surface area (Å²) in [4.78, 5) is 1.46. The Labute approximate surface area is 140 Å². The first kappa shape index (κ1) is 17.4. The number of hydrogen-bond acceptors (Lipinski definition) is 4. The highest BCUT2D eigenvalue weighted by Crippen LogP contribution is 2.35. The van der Waals surface area contributed by atoms with Gasteiger partial charge in [0.25, 0.3) is 0 Å². The Hall–Kier alpha value is 0.0500. The number of rotatable bonds is 5. The minimum absolute atomic E-state index is 0.0905. The van der Waals surface area contributed by atoms with Crippen molar-refractivity contribution in [2.75, 3.05) is 6.54 Å². The van der Waals surface area contributed by atoms with Crippen molar-refractivity contribution in [2.45, 2.75) is 63.6 Å². The highest BCUT2D eigenvalue weighted by Gasteiger charge is 2.33. The molecular weight excluding hydrogens is 372 g/mol. The summed E-state index contributed by atoms with van der Waals surface area (Å²) in [6, 6.07) is 2.28. The van der Waals surface area contributed by atoms with Crippen LogP contribution in [-0.4, -0.2) is 31.4 Å². The van der Waals surface area contributed by atoms with Gasteiger partial charge in [0, 0.05) is 30.1 Å². The van der Waals surface area contributed by atoms with Crippen molar-refractivity contribution in [3.63, 3.8) is 0 Å². The molecule has 1 fully saturated rings. The number of thiophene rings is 1. The Morgan fingerprint density at radius 3 is 2.81 bits per heavy atom. The summed E-state index contributed by atoms with van der Waals surface area (Å²) >= 11 is 4.93. The fourth-order valence-corrected chi connectivity index (χ4v) is 6.81. The standard InChI is InChI=1S/C14H23BrN2O2S2/c1-10(2)16-9-12-8-13(14(15)20-12)21(18,19)17-7-5-4-6-11(17)3/h8,10-11,16H,4-7,9H2,1-3H3. The van der Waals surface area contributed by atoms with Crippen LogP contribution in [0.1, 0.15) is 44.9 Å². The van der Waals surface area contributed by atoms with Gasteiger partial charge >= 0.3 is 0 Å². The summed E-state index contributed by atoms with van der Waals surface area (Å²) in [6.45, 7) is 7.49. The van der Waals surface area contributed by atoms with Crippen LogP contribution in [0.5, 0.6) is 0 Å². The second-order valence-corrected chi connectivity index (χ2v) is 10.2.